The molecule has 110 valence electrons. The number of carboxylic acid groups (broad SMARTS) is 1. The SMILES string of the molecule is CCOc1cccc(-c2ccc(C(=O)O)cc2)c1OCC. The molecule has 0 radical (unpaired) electrons. The van der Waals surface area contributed by atoms with Crippen LogP contribution in [-0.2, 0) is 0 Å². The van der Waals surface area contributed by atoms with Gasteiger partial charge in [-0.25, -0.2) is 4.79 Å². The molecule has 21 heavy (non-hydrogen) atoms. The highest BCUT2D eigenvalue weighted by molar-refractivity contribution is 5.88. The van der Waals surface area contributed by atoms with E-state index in [0.29, 0.717) is 24.7 Å². The highest BCUT2D eigenvalue weighted by Gasteiger charge is 2.13. The Morgan fingerprint density at radius 1 is 1.00 bits per heavy atom. The van der Waals surface area contributed by atoms with Crippen LogP contribution in [0.25, 0.3) is 11.1 Å². The molecule has 0 fully saturated rings. The second-order valence-electron chi connectivity index (χ2n) is 4.38. The van der Waals surface area contributed by atoms with Crippen molar-refractivity contribution in [2.75, 3.05) is 13.2 Å². The number of hydrogen-bond donors (Lipinski definition) is 1. The zero-order chi connectivity index (χ0) is 15.2. The van der Waals surface area contributed by atoms with Crippen molar-refractivity contribution in [1.29, 1.82) is 0 Å². The highest BCUT2D eigenvalue weighted by Crippen LogP contribution is 2.38. The van der Waals surface area contributed by atoms with Crippen molar-refractivity contribution in [1.82, 2.24) is 0 Å². The van der Waals surface area contributed by atoms with E-state index >= 15 is 0 Å². The first-order valence-corrected chi connectivity index (χ1v) is 6.89. The first kappa shape index (κ1) is 14.9. The van der Waals surface area contributed by atoms with E-state index in [1.165, 1.54) is 0 Å². The predicted molar refractivity (Wildman–Crippen MR) is 81.2 cm³/mol. The molecule has 2 rings (SSSR count). The van der Waals surface area contributed by atoms with Crippen molar-refractivity contribution in [2.24, 2.45) is 0 Å². The molecule has 0 saturated carbocycles. The van der Waals surface area contributed by atoms with Gasteiger partial charge in [-0.2, -0.15) is 0 Å². The Morgan fingerprint density at radius 3 is 2.24 bits per heavy atom. The van der Waals surface area contributed by atoms with Crippen LogP contribution in [0.15, 0.2) is 42.5 Å². The summed E-state index contributed by atoms with van der Waals surface area (Å²) < 4.78 is 11.3. The van der Waals surface area contributed by atoms with E-state index < -0.39 is 5.97 Å². The van der Waals surface area contributed by atoms with E-state index in [2.05, 4.69) is 0 Å². The normalized spacial score (nSPS) is 10.2. The summed E-state index contributed by atoms with van der Waals surface area (Å²) in [4.78, 5) is 10.9. The fraction of sp³-hybridized carbons (Fsp3) is 0.235. The van der Waals surface area contributed by atoms with Gasteiger partial charge in [-0.1, -0.05) is 24.3 Å². The van der Waals surface area contributed by atoms with Crippen molar-refractivity contribution in [3.8, 4) is 22.6 Å². The van der Waals surface area contributed by atoms with Gasteiger partial charge in [0.25, 0.3) is 0 Å². The van der Waals surface area contributed by atoms with Crippen molar-refractivity contribution in [3.05, 3.63) is 48.0 Å². The molecular formula is C17H18O4. The third-order valence-electron chi connectivity index (χ3n) is 3.01. The summed E-state index contributed by atoms with van der Waals surface area (Å²) >= 11 is 0. The van der Waals surface area contributed by atoms with Gasteiger partial charge >= 0.3 is 5.97 Å². The molecule has 0 spiro atoms. The van der Waals surface area contributed by atoms with Gasteiger partial charge in [0.15, 0.2) is 11.5 Å². The Balaban J connectivity index is 2.46. The van der Waals surface area contributed by atoms with Gasteiger partial charge in [0, 0.05) is 5.56 Å². The summed E-state index contributed by atoms with van der Waals surface area (Å²) in [5, 5.41) is 8.95. The van der Waals surface area contributed by atoms with Gasteiger partial charge in [0.1, 0.15) is 0 Å². The highest BCUT2D eigenvalue weighted by atomic mass is 16.5. The molecule has 4 nitrogen and oxygen atoms in total. The summed E-state index contributed by atoms with van der Waals surface area (Å²) in [5.41, 5.74) is 2.04. The Labute approximate surface area is 123 Å². The molecule has 0 aliphatic carbocycles. The molecule has 2 aromatic rings. The van der Waals surface area contributed by atoms with Crippen LogP contribution in [0.1, 0.15) is 24.2 Å². The van der Waals surface area contributed by atoms with Crippen LogP contribution in [0.5, 0.6) is 11.5 Å². The fourth-order valence-electron chi connectivity index (χ4n) is 2.10. The summed E-state index contributed by atoms with van der Waals surface area (Å²) in [6.07, 6.45) is 0. The van der Waals surface area contributed by atoms with Gasteiger partial charge in [-0.15, -0.1) is 0 Å². The lowest BCUT2D eigenvalue weighted by Gasteiger charge is -2.15. The average molecular weight is 286 g/mol. The molecule has 0 atom stereocenters. The van der Waals surface area contributed by atoms with E-state index in [1.54, 1.807) is 24.3 Å². The monoisotopic (exact) mass is 286 g/mol. The Kier molecular flexibility index (Phi) is 4.82. The Bertz CT molecular complexity index is 617. The molecule has 0 amide bonds. The molecule has 0 aliphatic heterocycles. The van der Waals surface area contributed by atoms with Crippen molar-refractivity contribution >= 4 is 5.97 Å². The fourth-order valence-corrected chi connectivity index (χ4v) is 2.10. The number of ether oxygens (including phenoxy) is 2. The van der Waals surface area contributed by atoms with E-state index in [-0.39, 0.29) is 5.56 Å². The Hall–Kier alpha value is -2.49. The quantitative estimate of drug-likeness (QED) is 0.876. The minimum Gasteiger partial charge on any atom is -0.490 e. The summed E-state index contributed by atoms with van der Waals surface area (Å²) in [6, 6.07) is 12.4. The first-order valence-electron chi connectivity index (χ1n) is 6.89. The van der Waals surface area contributed by atoms with E-state index in [9.17, 15) is 4.79 Å². The standard InChI is InChI=1S/C17H18O4/c1-3-20-15-7-5-6-14(16(15)21-4-2)12-8-10-13(11-9-12)17(18)19/h5-11H,3-4H2,1-2H3,(H,18,19). The maximum absolute atomic E-state index is 10.9. The second-order valence-corrected chi connectivity index (χ2v) is 4.38. The van der Waals surface area contributed by atoms with Crippen LogP contribution in [0, 0.1) is 0 Å². The van der Waals surface area contributed by atoms with Crippen molar-refractivity contribution in [3.63, 3.8) is 0 Å². The van der Waals surface area contributed by atoms with E-state index in [1.807, 2.05) is 32.0 Å². The van der Waals surface area contributed by atoms with Crippen LogP contribution >= 0.6 is 0 Å². The molecule has 4 heteroatoms. The zero-order valence-corrected chi connectivity index (χ0v) is 12.1. The second kappa shape index (κ2) is 6.79. The summed E-state index contributed by atoms with van der Waals surface area (Å²) in [5.74, 6) is 0.443. The topological polar surface area (TPSA) is 55.8 Å². The van der Waals surface area contributed by atoms with Crippen LogP contribution < -0.4 is 9.47 Å². The lowest BCUT2D eigenvalue weighted by atomic mass is 10.0. The third kappa shape index (κ3) is 3.34. The third-order valence-corrected chi connectivity index (χ3v) is 3.01. The predicted octanol–water partition coefficient (Wildman–Crippen LogP) is 3.85. The number of benzene rings is 2. The minimum absolute atomic E-state index is 0.262. The average Bonchev–Trinajstić information content (AvgIpc) is 2.49. The number of rotatable bonds is 6. The molecule has 0 unspecified atom stereocenters. The maximum Gasteiger partial charge on any atom is 0.335 e. The van der Waals surface area contributed by atoms with Crippen molar-refractivity contribution in [2.45, 2.75) is 13.8 Å². The summed E-state index contributed by atoms with van der Waals surface area (Å²) in [7, 11) is 0. The zero-order valence-electron chi connectivity index (χ0n) is 12.1. The maximum atomic E-state index is 10.9. The van der Waals surface area contributed by atoms with Gasteiger partial charge in [-0.3, -0.25) is 0 Å². The smallest absolute Gasteiger partial charge is 0.335 e. The largest absolute Gasteiger partial charge is 0.490 e. The van der Waals surface area contributed by atoms with Gasteiger partial charge in [0.2, 0.25) is 0 Å². The van der Waals surface area contributed by atoms with Crippen LogP contribution in [0.2, 0.25) is 0 Å². The van der Waals surface area contributed by atoms with E-state index in [0.717, 1.165) is 11.1 Å². The molecule has 0 aromatic heterocycles. The number of carboxylic acids is 1. The van der Waals surface area contributed by atoms with E-state index in [4.69, 9.17) is 14.6 Å². The Morgan fingerprint density at radius 2 is 1.67 bits per heavy atom. The first-order chi connectivity index (χ1) is 10.2. The van der Waals surface area contributed by atoms with Crippen LogP contribution in [0.3, 0.4) is 0 Å². The number of hydrogen-bond acceptors (Lipinski definition) is 3. The molecule has 0 aliphatic rings. The molecule has 2 aromatic carbocycles. The van der Waals surface area contributed by atoms with Crippen LogP contribution in [0.4, 0.5) is 0 Å². The molecule has 0 bridgehead atoms. The molecule has 0 heterocycles. The number of aromatic carboxylic acids is 1. The molecular weight excluding hydrogens is 268 g/mol. The van der Waals surface area contributed by atoms with Gasteiger partial charge in [-0.05, 0) is 37.6 Å². The molecule has 1 N–H and O–H groups in total. The van der Waals surface area contributed by atoms with Gasteiger partial charge < -0.3 is 14.6 Å². The number of carbonyl (C=O) groups is 1. The van der Waals surface area contributed by atoms with Crippen LogP contribution in [-0.4, -0.2) is 24.3 Å². The minimum atomic E-state index is -0.936. The van der Waals surface area contributed by atoms with Gasteiger partial charge in [0.05, 0.1) is 18.8 Å². The lowest BCUT2D eigenvalue weighted by Crippen LogP contribution is -2.00. The lowest BCUT2D eigenvalue weighted by molar-refractivity contribution is 0.0697. The molecule has 0 saturated heterocycles. The summed E-state index contributed by atoms with van der Waals surface area (Å²) in [6.45, 7) is 4.93. The number of para-hydroxylation sites is 1. The van der Waals surface area contributed by atoms with Crippen molar-refractivity contribution < 1.29 is 19.4 Å².